The van der Waals surface area contributed by atoms with E-state index in [0.717, 1.165) is 17.5 Å². The van der Waals surface area contributed by atoms with Gasteiger partial charge >= 0.3 is 0 Å². The summed E-state index contributed by atoms with van der Waals surface area (Å²) in [5.74, 6) is 0.726. The highest BCUT2D eigenvalue weighted by Gasteiger charge is 2.36. The van der Waals surface area contributed by atoms with Crippen molar-refractivity contribution in [1.82, 2.24) is 14.8 Å². The van der Waals surface area contributed by atoms with Crippen LogP contribution in [0.25, 0.3) is 11.1 Å². The highest BCUT2D eigenvalue weighted by Crippen LogP contribution is 2.28. The summed E-state index contributed by atoms with van der Waals surface area (Å²) in [7, 11) is 1.54. The number of ether oxygens (including phenoxy) is 1. The minimum absolute atomic E-state index is 0.0394. The molecular weight excluding hydrogens is 368 g/mol. The zero-order valence-electron chi connectivity index (χ0n) is 17.2. The second-order valence-electron chi connectivity index (χ2n) is 7.11. The topological polar surface area (TPSA) is 88.8 Å². The molecular formula is C22H28N4O3. The fourth-order valence-corrected chi connectivity index (χ4v) is 3.72. The standard InChI is InChI=1S/C22H28N4O3/c1-4-7-18-22(28)25(5-2)10-11-26(18)21(27)16-9-6-8-15(12-16)17-13-19(29-3)20(23)24-14-17/h6,8-9,12-14,18H,4-5,7,10-11H2,1-3H3,(H2,23,24). The number of hydrogen-bond donors (Lipinski definition) is 1. The van der Waals surface area contributed by atoms with Gasteiger partial charge in [0.05, 0.1) is 7.11 Å². The van der Waals surface area contributed by atoms with Gasteiger partial charge < -0.3 is 20.3 Å². The molecule has 1 saturated heterocycles. The number of piperazine rings is 1. The van der Waals surface area contributed by atoms with E-state index in [-0.39, 0.29) is 11.8 Å². The number of nitrogens with two attached hydrogens (primary N) is 1. The number of benzene rings is 1. The Morgan fingerprint density at radius 3 is 2.72 bits per heavy atom. The monoisotopic (exact) mass is 396 g/mol. The minimum atomic E-state index is -0.400. The van der Waals surface area contributed by atoms with Gasteiger partial charge in [0.15, 0.2) is 11.6 Å². The van der Waals surface area contributed by atoms with Crippen LogP contribution in [0.5, 0.6) is 5.75 Å². The first kappa shape index (κ1) is 20.6. The van der Waals surface area contributed by atoms with Crippen molar-refractivity contribution in [3.05, 3.63) is 42.1 Å². The van der Waals surface area contributed by atoms with E-state index < -0.39 is 6.04 Å². The number of carbonyl (C=O) groups excluding carboxylic acids is 2. The van der Waals surface area contributed by atoms with Crippen molar-refractivity contribution in [1.29, 1.82) is 0 Å². The molecule has 1 fully saturated rings. The van der Waals surface area contributed by atoms with E-state index in [2.05, 4.69) is 4.98 Å². The van der Waals surface area contributed by atoms with Gasteiger partial charge in [-0.1, -0.05) is 25.5 Å². The largest absolute Gasteiger partial charge is 0.493 e. The lowest BCUT2D eigenvalue weighted by Crippen LogP contribution is -2.58. The van der Waals surface area contributed by atoms with Crippen LogP contribution in [0, 0.1) is 0 Å². The van der Waals surface area contributed by atoms with Crippen LogP contribution in [0.4, 0.5) is 5.82 Å². The predicted octanol–water partition coefficient (Wildman–Crippen LogP) is 2.81. The number of hydrogen-bond acceptors (Lipinski definition) is 5. The lowest BCUT2D eigenvalue weighted by molar-refractivity contribution is -0.140. The van der Waals surface area contributed by atoms with E-state index in [1.54, 1.807) is 23.2 Å². The molecule has 29 heavy (non-hydrogen) atoms. The second kappa shape index (κ2) is 8.94. The maximum Gasteiger partial charge on any atom is 0.254 e. The van der Waals surface area contributed by atoms with Gasteiger partial charge in [0.25, 0.3) is 5.91 Å². The number of likely N-dealkylation sites (N-methyl/N-ethyl adjacent to an activating group) is 1. The summed E-state index contributed by atoms with van der Waals surface area (Å²) in [5, 5.41) is 0. The molecule has 1 aliphatic heterocycles. The third kappa shape index (κ3) is 4.18. The molecule has 2 heterocycles. The number of amides is 2. The van der Waals surface area contributed by atoms with Crippen molar-refractivity contribution in [2.24, 2.45) is 0 Å². The van der Waals surface area contributed by atoms with E-state index >= 15 is 0 Å². The molecule has 2 amide bonds. The molecule has 1 aromatic carbocycles. The van der Waals surface area contributed by atoms with Crippen molar-refractivity contribution < 1.29 is 14.3 Å². The SMILES string of the molecule is CCCC1C(=O)N(CC)CCN1C(=O)c1cccc(-c2cnc(N)c(OC)c2)c1. The third-order valence-corrected chi connectivity index (χ3v) is 5.33. The van der Waals surface area contributed by atoms with Crippen LogP contribution in [-0.4, -0.2) is 59.4 Å². The first-order valence-electron chi connectivity index (χ1n) is 9.99. The van der Waals surface area contributed by atoms with Gasteiger partial charge in [-0.05, 0) is 37.1 Å². The quantitative estimate of drug-likeness (QED) is 0.811. The number of nitrogen functional groups attached to an aromatic ring is 1. The first-order chi connectivity index (χ1) is 14.0. The molecule has 0 saturated carbocycles. The molecule has 1 atom stereocenters. The molecule has 3 rings (SSSR count). The Morgan fingerprint density at radius 2 is 2.03 bits per heavy atom. The van der Waals surface area contributed by atoms with Gasteiger partial charge in [-0.3, -0.25) is 9.59 Å². The predicted molar refractivity (Wildman–Crippen MR) is 113 cm³/mol. The van der Waals surface area contributed by atoms with Crippen molar-refractivity contribution in [3.63, 3.8) is 0 Å². The number of carbonyl (C=O) groups is 2. The molecule has 0 bridgehead atoms. The highest BCUT2D eigenvalue weighted by molar-refractivity contribution is 5.99. The summed E-state index contributed by atoms with van der Waals surface area (Å²) in [5.41, 5.74) is 8.00. The average molecular weight is 396 g/mol. The third-order valence-electron chi connectivity index (χ3n) is 5.33. The molecule has 1 unspecified atom stereocenters. The highest BCUT2D eigenvalue weighted by atomic mass is 16.5. The Kier molecular flexibility index (Phi) is 6.36. The summed E-state index contributed by atoms with van der Waals surface area (Å²) in [6, 6.07) is 8.76. The fourth-order valence-electron chi connectivity index (χ4n) is 3.72. The summed E-state index contributed by atoms with van der Waals surface area (Å²) < 4.78 is 5.25. The molecule has 0 radical (unpaired) electrons. The molecule has 2 N–H and O–H groups in total. The van der Waals surface area contributed by atoms with Crippen molar-refractivity contribution >= 4 is 17.6 Å². The van der Waals surface area contributed by atoms with Gasteiger partial charge in [-0.25, -0.2) is 4.98 Å². The smallest absolute Gasteiger partial charge is 0.254 e. The van der Waals surface area contributed by atoms with Gasteiger partial charge in [0, 0.05) is 37.0 Å². The lowest BCUT2D eigenvalue weighted by Gasteiger charge is -2.40. The maximum atomic E-state index is 13.3. The van der Waals surface area contributed by atoms with Crippen LogP contribution in [0.1, 0.15) is 37.0 Å². The first-order valence-corrected chi connectivity index (χ1v) is 9.99. The molecule has 7 heteroatoms. The summed E-state index contributed by atoms with van der Waals surface area (Å²) in [4.78, 5) is 33.8. The minimum Gasteiger partial charge on any atom is -0.493 e. The Hall–Kier alpha value is -3.09. The molecule has 1 aliphatic rings. The number of aromatic nitrogens is 1. The Labute approximate surface area is 171 Å². The van der Waals surface area contributed by atoms with Crippen LogP contribution in [-0.2, 0) is 4.79 Å². The maximum absolute atomic E-state index is 13.3. The second-order valence-corrected chi connectivity index (χ2v) is 7.11. The van der Waals surface area contributed by atoms with E-state index in [1.807, 2.05) is 36.9 Å². The summed E-state index contributed by atoms with van der Waals surface area (Å²) in [6.45, 7) is 5.78. The van der Waals surface area contributed by atoms with Gasteiger partial charge in [0.1, 0.15) is 6.04 Å². The molecule has 0 aliphatic carbocycles. The zero-order chi connectivity index (χ0) is 21.0. The molecule has 154 valence electrons. The summed E-state index contributed by atoms with van der Waals surface area (Å²) in [6.07, 6.45) is 3.17. The van der Waals surface area contributed by atoms with Crippen LogP contribution in [0.3, 0.4) is 0 Å². The van der Waals surface area contributed by atoms with Gasteiger partial charge in [-0.15, -0.1) is 0 Å². The number of rotatable bonds is 6. The van der Waals surface area contributed by atoms with E-state index in [4.69, 9.17) is 10.5 Å². The Morgan fingerprint density at radius 1 is 1.24 bits per heavy atom. The Balaban J connectivity index is 1.90. The normalized spacial score (nSPS) is 16.8. The van der Waals surface area contributed by atoms with Crippen molar-refractivity contribution in [2.75, 3.05) is 32.5 Å². The number of anilines is 1. The van der Waals surface area contributed by atoms with Crippen LogP contribution in [0.2, 0.25) is 0 Å². The molecule has 1 aromatic heterocycles. The molecule has 0 spiro atoms. The Bertz CT molecular complexity index is 899. The lowest BCUT2D eigenvalue weighted by atomic mass is 10.0. The van der Waals surface area contributed by atoms with Crippen LogP contribution >= 0.6 is 0 Å². The van der Waals surface area contributed by atoms with Crippen LogP contribution in [0.15, 0.2) is 36.5 Å². The van der Waals surface area contributed by atoms with E-state index in [0.29, 0.717) is 43.2 Å². The number of pyridine rings is 1. The van der Waals surface area contributed by atoms with Crippen molar-refractivity contribution in [3.8, 4) is 16.9 Å². The molecule has 2 aromatic rings. The average Bonchev–Trinajstić information content (AvgIpc) is 2.75. The van der Waals surface area contributed by atoms with Gasteiger partial charge in [0.2, 0.25) is 5.91 Å². The summed E-state index contributed by atoms with van der Waals surface area (Å²) >= 11 is 0. The zero-order valence-corrected chi connectivity index (χ0v) is 17.2. The fraction of sp³-hybridized carbons (Fsp3) is 0.409. The van der Waals surface area contributed by atoms with E-state index in [1.165, 1.54) is 7.11 Å². The van der Waals surface area contributed by atoms with Crippen LogP contribution < -0.4 is 10.5 Å². The number of methoxy groups -OCH3 is 1. The van der Waals surface area contributed by atoms with Crippen molar-refractivity contribution in [2.45, 2.75) is 32.7 Å². The van der Waals surface area contributed by atoms with Gasteiger partial charge in [-0.2, -0.15) is 0 Å². The molecule has 7 nitrogen and oxygen atoms in total. The number of nitrogens with zero attached hydrogens (tertiary/aromatic N) is 3. The van der Waals surface area contributed by atoms with E-state index in [9.17, 15) is 9.59 Å².